The highest BCUT2D eigenvalue weighted by Crippen LogP contribution is 2.40. The van der Waals surface area contributed by atoms with Gasteiger partial charge in [0.1, 0.15) is 231 Å². The SMILES string of the molecule is Bc1c(B)c(-c2c3c(B)c(B)c(B)c(B)c3c(-c3c(B)c(B)c4oc5c(B)c(B)c(B)c(B)c5c4c3B)c3c(B)c(B)c(B)c(B)c23)c(B)c(-c2c(B)c(B)c(B)c3c(B)c(B)c4c(B)c(B)c(B)c(B)c4c23)c1B. The topological polar surface area (TPSA) is 13.1 Å². The van der Waals surface area contributed by atoms with E-state index < -0.39 is 0 Å². The van der Waals surface area contributed by atoms with Crippen LogP contribution in [0.1, 0.15) is 0 Å². The smallest absolute Gasteiger partial charge is 0.143 e. The average molecular weight is 928 g/mol. The van der Waals surface area contributed by atoms with E-state index in [1.165, 1.54) is 240 Å². The van der Waals surface area contributed by atoms with E-state index in [1.54, 1.807) is 0 Å². The summed E-state index contributed by atoms with van der Waals surface area (Å²) in [7, 11) is 66.6. The third-order valence-corrected chi connectivity index (χ3v) is 21.7. The summed E-state index contributed by atoms with van der Waals surface area (Å²) in [5.41, 5.74) is 48.7. The van der Waals surface area contributed by atoms with Gasteiger partial charge in [0.15, 0.2) is 0 Å². The van der Waals surface area contributed by atoms with E-state index in [9.17, 15) is 0 Å². The summed E-state index contributed by atoms with van der Waals surface area (Å²) < 4.78 is 7.09. The van der Waals surface area contributed by atoms with E-state index in [0.29, 0.717) is 0 Å². The minimum Gasteiger partial charge on any atom is -0.457 e. The largest absolute Gasteiger partial charge is 0.457 e. The first kappa shape index (κ1) is 54.0. The van der Waals surface area contributed by atoms with Crippen LogP contribution in [0.15, 0.2) is 4.42 Å². The Morgan fingerprint density at radius 2 is 0.333 bits per heavy atom. The van der Waals surface area contributed by atoms with Gasteiger partial charge in [-0.05, 0) is 76.5 Å². The molecule has 0 saturated carbocycles. The van der Waals surface area contributed by atoms with Crippen molar-refractivity contribution in [2.24, 2.45) is 0 Å². The van der Waals surface area contributed by atoms with Crippen LogP contribution in [-0.2, 0) is 0 Å². The van der Waals surface area contributed by atoms with E-state index in [0.717, 1.165) is 11.2 Å². The summed E-state index contributed by atoms with van der Waals surface area (Å²) in [5.74, 6) is 0. The molecule has 0 unspecified atom stereocenters. The van der Waals surface area contributed by atoms with Gasteiger partial charge in [0.05, 0.1) is 0 Å². The third-order valence-electron chi connectivity index (χ3n) is 21.7. The Morgan fingerprint density at radius 3 is 0.733 bits per heavy atom. The molecule has 0 aliphatic heterocycles. The molecule has 0 aliphatic carbocycles. The van der Waals surface area contributed by atoms with Crippen LogP contribution in [0.25, 0.3) is 98.4 Å². The highest BCUT2D eigenvalue weighted by molar-refractivity contribution is 6.78. The van der Waals surface area contributed by atoms with Gasteiger partial charge in [-0.15, -0.1) is 49.2 Å². The van der Waals surface area contributed by atoms with Gasteiger partial charge in [-0.2, -0.15) is 0 Å². The molecule has 0 aliphatic rings. The Balaban J connectivity index is 1.51. The summed E-state index contributed by atoms with van der Waals surface area (Å²) in [6.07, 6.45) is 0. The zero-order chi connectivity index (χ0) is 55.3. The van der Waals surface area contributed by atoms with Crippen LogP contribution < -0.4 is 153 Å². The summed E-state index contributed by atoms with van der Waals surface area (Å²) >= 11 is 0. The Kier molecular flexibility index (Phi) is 13.0. The molecule has 0 saturated heterocycles. The number of fused-ring (bicyclic) bond motifs is 8. The van der Waals surface area contributed by atoms with Crippen molar-refractivity contribution < 1.29 is 4.42 Å². The molecule has 0 spiro atoms. The van der Waals surface area contributed by atoms with Crippen molar-refractivity contribution in [1.82, 2.24) is 0 Å². The first-order valence-corrected chi connectivity index (χ1v) is 27.9. The van der Waals surface area contributed by atoms with Crippen LogP contribution in [0.3, 0.4) is 0 Å². The fourth-order valence-electron chi connectivity index (χ4n) is 15.1. The third kappa shape index (κ3) is 6.85. The van der Waals surface area contributed by atoms with E-state index in [1.807, 2.05) is 0 Å². The van der Waals surface area contributed by atoms with E-state index in [4.69, 9.17) is 4.42 Å². The van der Waals surface area contributed by atoms with Crippen molar-refractivity contribution in [3.8, 4) is 33.4 Å². The highest BCUT2D eigenvalue weighted by atomic mass is 16.3. The lowest BCUT2D eigenvalue weighted by molar-refractivity contribution is 0.675. The van der Waals surface area contributed by atoms with Crippen molar-refractivity contribution >= 4 is 438 Å². The van der Waals surface area contributed by atoms with Gasteiger partial charge in [-0.1, -0.05) is 104 Å². The number of hydrogen-bond acceptors (Lipinski definition) is 1. The number of hydrogen-bond donors (Lipinski definition) is 0. The molecule has 29 heteroatoms. The van der Waals surface area contributed by atoms with Gasteiger partial charge in [0.25, 0.3) is 0 Å². The summed E-state index contributed by atoms with van der Waals surface area (Å²) in [4.78, 5) is 0. The Labute approximate surface area is 472 Å². The molecule has 9 aromatic carbocycles. The van der Waals surface area contributed by atoms with Crippen LogP contribution in [-0.4, -0.2) is 220 Å². The van der Waals surface area contributed by atoms with Gasteiger partial charge >= 0.3 is 0 Å². The first-order chi connectivity index (χ1) is 35.0. The molecule has 0 fully saturated rings. The van der Waals surface area contributed by atoms with Crippen LogP contribution in [0, 0.1) is 0 Å². The molecule has 75 heavy (non-hydrogen) atoms. The molecule has 0 amide bonds. The van der Waals surface area contributed by atoms with Crippen LogP contribution in [0.4, 0.5) is 0 Å². The average Bonchev–Trinajstić information content (AvgIpc) is 3.81. The van der Waals surface area contributed by atoms with E-state index in [2.05, 4.69) is 220 Å². The lowest BCUT2D eigenvalue weighted by atomic mass is 9.55. The summed E-state index contributed by atoms with van der Waals surface area (Å²) in [6.45, 7) is 0. The summed E-state index contributed by atoms with van der Waals surface area (Å²) in [5, 5.41) is 13.8. The Hall–Kier alpha value is -4.36. The Morgan fingerprint density at radius 1 is 0.120 bits per heavy atom. The summed E-state index contributed by atoms with van der Waals surface area (Å²) in [6, 6.07) is 0. The predicted molar refractivity (Wildman–Crippen MR) is 429 cm³/mol. The molecular weight excluding hydrogens is 871 g/mol. The zero-order valence-corrected chi connectivity index (χ0v) is 51.4. The van der Waals surface area contributed by atoms with Gasteiger partial charge in [0.2, 0.25) is 0 Å². The molecule has 0 atom stereocenters. The normalized spacial score (nSPS) is 11.9. The standard InChI is InChI=1S/C46H56B28O/c47-17-10(27(57)34(64)29(59)13(17)8-3-9-14(30(60)40(70)39(69)24(9)54)26(56)25(55)12(3)28(58)33(63)23(8)53)1-4-6(21(51)37(67)35(65)19(4)49)2(7-5(1)20(50)36(66)38(68)22(7)52)11-18(48)15-16-32(62)41(71)42(72)44(74)46(16)75-45(15)43(73)31(11)61/h47-74H2. The van der Waals surface area contributed by atoms with Crippen molar-refractivity contribution in [3.05, 3.63) is 0 Å². The van der Waals surface area contributed by atoms with Crippen molar-refractivity contribution in [1.29, 1.82) is 0 Å². The van der Waals surface area contributed by atoms with Crippen LogP contribution >= 0.6 is 0 Å². The molecule has 10 aromatic rings. The number of furan rings is 1. The molecule has 1 nitrogen and oxygen atoms in total. The van der Waals surface area contributed by atoms with Crippen molar-refractivity contribution in [2.75, 3.05) is 0 Å². The molecule has 10 rings (SSSR count). The molecule has 330 valence electrons. The van der Waals surface area contributed by atoms with Crippen molar-refractivity contribution in [2.45, 2.75) is 0 Å². The van der Waals surface area contributed by atoms with Crippen LogP contribution in [0.5, 0.6) is 0 Å². The number of benzene rings is 9. The molecule has 1 heterocycles. The minimum absolute atomic E-state index is 1.03. The predicted octanol–water partition coefficient (Wildman–Crippen LogP) is -35.6. The van der Waals surface area contributed by atoms with Gasteiger partial charge in [0, 0.05) is 10.8 Å². The molecule has 0 N–H and O–H groups in total. The Bertz CT molecular complexity index is 4360. The van der Waals surface area contributed by atoms with Gasteiger partial charge < -0.3 is 4.42 Å². The quantitative estimate of drug-likeness (QED) is 0.0978. The second-order valence-corrected chi connectivity index (χ2v) is 24.3. The first-order valence-electron chi connectivity index (χ1n) is 27.9. The second kappa shape index (κ2) is 18.1. The second-order valence-electron chi connectivity index (χ2n) is 24.3. The zero-order valence-electron chi connectivity index (χ0n) is 51.4. The fraction of sp³-hybridized carbons (Fsp3) is 0. The van der Waals surface area contributed by atoms with Crippen molar-refractivity contribution in [3.63, 3.8) is 0 Å². The number of rotatable bonds is 3. The maximum absolute atomic E-state index is 7.09. The molecule has 0 bridgehead atoms. The minimum atomic E-state index is 1.03. The molecule has 0 radical (unpaired) electrons. The van der Waals surface area contributed by atoms with Crippen LogP contribution in [0.2, 0.25) is 0 Å². The fourth-order valence-corrected chi connectivity index (χ4v) is 15.1. The van der Waals surface area contributed by atoms with E-state index in [-0.39, 0.29) is 0 Å². The monoisotopic (exact) mass is 933 g/mol. The lowest BCUT2D eigenvalue weighted by Gasteiger charge is -2.33. The van der Waals surface area contributed by atoms with Gasteiger partial charge in [-0.25, -0.2) is 0 Å². The molecular formula is C46H56B28O. The highest BCUT2D eigenvalue weighted by Gasteiger charge is 2.32. The molecule has 1 aromatic heterocycles. The van der Waals surface area contributed by atoms with Gasteiger partial charge in [-0.3, -0.25) is 0 Å². The maximum Gasteiger partial charge on any atom is 0.143 e. The van der Waals surface area contributed by atoms with E-state index >= 15 is 0 Å². The maximum atomic E-state index is 7.09. The lowest BCUT2D eigenvalue weighted by Crippen LogP contribution is -2.52.